The highest BCUT2D eigenvalue weighted by Crippen LogP contribution is 2.22. The van der Waals surface area contributed by atoms with Gasteiger partial charge in [0.2, 0.25) is 0 Å². The number of hydrogen-bond acceptors (Lipinski definition) is 2. The average Bonchev–Trinajstić information content (AvgIpc) is 2.71. The molecule has 2 nitrogen and oxygen atoms in total. The highest BCUT2D eigenvalue weighted by atomic mass is 16.5. The van der Waals surface area contributed by atoms with Crippen LogP contribution in [0.3, 0.4) is 0 Å². The second-order valence-electron chi connectivity index (χ2n) is 8.30. The van der Waals surface area contributed by atoms with Crippen LogP contribution in [0.1, 0.15) is 115 Å². The maximum atomic E-state index is 9.07. The van der Waals surface area contributed by atoms with E-state index < -0.39 is 0 Å². The summed E-state index contributed by atoms with van der Waals surface area (Å²) in [6.45, 7) is 5.01. The molecular formula is C26H46O2. The van der Waals surface area contributed by atoms with Crippen LogP contribution in [0.15, 0.2) is 18.2 Å². The fourth-order valence-electron chi connectivity index (χ4n) is 3.84. The van der Waals surface area contributed by atoms with Gasteiger partial charge in [0.1, 0.15) is 12.4 Å². The van der Waals surface area contributed by atoms with Crippen molar-refractivity contribution in [1.29, 1.82) is 0 Å². The van der Waals surface area contributed by atoms with E-state index in [1.165, 1.54) is 101 Å². The molecule has 28 heavy (non-hydrogen) atoms. The number of rotatable bonds is 19. The van der Waals surface area contributed by atoms with E-state index in [0.29, 0.717) is 6.61 Å². The number of benzene rings is 1. The number of hydrogen-bond donors (Lipinski definition) is 1. The van der Waals surface area contributed by atoms with E-state index in [1.807, 2.05) is 0 Å². The summed E-state index contributed by atoms with van der Waals surface area (Å²) in [5, 5.41) is 9.07. The van der Waals surface area contributed by atoms with Crippen LogP contribution < -0.4 is 4.74 Å². The number of aliphatic hydroxyl groups excluding tert-OH is 1. The van der Waals surface area contributed by atoms with E-state index in [-0.39, 0.29) is 6.61 Å². The first-order chi connectivity index (χ1) is 13.8. The first kappa shape index (κ1) is 25.0. The second kappa shape index (κ2) is 18.0. The van der Waals surface area contributed by atoms with Crippen molar-refractivity contribution in [3.8, 4) is 5.75 Å². The van der Waals surface area contributed by atoms with E-state index in [1.54, 1.807) is 0 Å². The minimum Gasteiger partial charge on any atom is -0.491 e. The number of unbranched alkanes of at least 4 members (excludes halogenated alkanes) is 12. The summed E-state index contributed by atoms with van der Waals surface area (Å²) in [4.78, 5) is 0. The summed E-state index contributed by atoms with van der Waals surface area (Å²) in [6.07, 6.45) is 21.2. The van der Waals surface area contributed by atoms with Crippen LogP contribution >= 0.6 is 0 Å². The third kappa shape index (κ3) is 13.2. The predicted molar refractivity (Wildman–Crippen MR) is 122 cm³/mol. The molecule has 0 saturated heterocycles. The molecule has 0 fully saturated rings. The van der Waals surface area contributed by atoms with Crippen molar-refractivity contribution < 1.29 is 9.84 Å². The molecule has 2 heteroatoms. The summed E-state index contributed by atoms with van der Waals surface area (Å²) in [5.74, 6) is 0.937. The predicted octanol–water partition coefficient (Wildman–Crippen LogP) is 7.64. The first-order valence-corrected chi connectivity index (χ1v) is 12.2. The lowest BCUT2D eigenvalue weighted by molar-refractivity contribution is 0.201. The molecule has 0 saturated carbocycles. The van der Waals surface area contributed by atoms with Gasteiger partial charge in [-0.05, 0) is 48.9 Å². The van der Waals surface area contributed by atoms with Crippen molar-refractivity contribution in [1.82, 2.24) is 0 Å². The molecule has 162 valence electrons. The normalized spacial score (nSPS) is 11.1. The van der Waals surface area contributed by atoms with Gasteiger partial charge in [0.25, 0.3) is 0 Å². The van der Waals surface area contributed by atoms with E-state index in [0.717, 1.165) is 18.6 Å². The minimum atomic E-state index is 0.0785. The Morgan fingerprint density at radius 2 is 1.04 bits per heavy atom. The Balaban J connectivity index is 2.39. The third-order valence-electron chi connectivity index (χ3n) is 5.52. The topological polar surface area (TPSA) is 29.5 Å². The van der Waals surface area contributed by atoms with Crippen LogP contribution in [0, 0.1) is 0 Å². The quantitative estimate of drug-likeness (QED) is 0.246. The van der Waals surface area contributed by atoms with Crippen molar-refractivity contribution in [2.75, 3.05) is 13.2 Å². The van der Waals surface area contributed by atoms with Crippen LogP contribution in [0.4, 0.5) is 0 Å². The zero-order valence-electron chi connectivity index (χ0n) is 18.8. The van der Waals surface area contributed by atoms with Crippen molar-refractivity contribution in [2.24, 2.45) is 0 Å². The molecule has 0 radical (unpaired) electrons. The summed E-state index contributed by atoms with van der Waals surface area (Å²) in [6, 6.07) is 6.75. The molecule has 1 rings (SSSR count). The van der Waals surface area contributed by atoms with E-state index in [9.17, 15) is 0 Å². The Hall–Kier alpha value is -1.02. The Morgan fingerprint density at radius 3 is 1.46 bits per heavy atom. The summed E-state index contributed by atoms with van der Waals surface area (Å²) in [5.41, 5.74) is 2.81. The fraction of sp³-hybridized carbons (Fsp3) is 0.769. The van der Waals surface area contributed by atoms with Gasteiger partial charge < -0.3 is 9.84 Å². The lowest BCUT2D eigenvalue weighted by atomic mass is 9.99. The molecule has 0 spiro atoms. The highest BCUT2D eigenvalue weighted by molar-refractivity contribution is 5.34. The van der Waals surface area contributed by atoms with E-state index in [2.05, 4.69) is 32.0 Å². The van der Waals surface area contributed by atoms with E-state index in [4.69, 9.17) is 9.84 Å². The molecule has 1 aromatic rings. The Morgan fingerprint density at radius 1 is 0.607 bits per heavy atom. The average molecular weight is 391 g/mol. The first-order valence-electron chi connectivity index (χ1n) is 12.2. The van der Waals surface area contributed by atoms with Gasteiger partial charge in [-0.1, -0.05) is 97.0 Å². The molecular weight excluding hydrogens is 344 g/mol. The minimum absolute atomic E-state index is 0.0785. The fourth-order valence-corrected chi connectivity index (χ4v) is 3.84. The Bertz CT molecular complexity index is 433. The zero-order valence-corrected chi connectivity index (χ0v) is 18.8. The zero-order chi connectivity index (χ0) is 20.3. The van der Waals surface area contributed by atoms with Crippen molar-refractivity contribution >= 4 is 0 Å². The number of ether oxygens (including phenoxy) is 1. The van der Waals surface area contributed by atoms with Gasteiger partial charge in [-0.15, -0.1) is 0 Å². The standard InChI is InChI=1S/C26H46O2/c1-3-5-7-9-11-13-15-17-24-21-25(23-26(22-24)28-20-19-27)18-16-14-12-10-8-6-4-2/h21-23,27H,3-20H2,1-2H3. The Kier molecular flexibility index (Phi) is 16.1. The summed E-state index contributed by atoms with van der Waals surface area (Å²) >= 11 is 0. The smallest absolute Gasteiger partial charge is 0.119 e. The van der Waals surface area contributed by atoms with Crippen LogP contribution in [0.5, 0.6) is 5.75 Å². The van der Waals surface area contributed by atoms with Crippen LogP contribution in [-0.2, 0) is 12.8 Å². The lowest BCUT2D eigenvalue weighted by Gasteiger charge is -2.11. The molecule has 0 aliphatic heterocycles. The SMILES string of the molecule is CCCCCCCCCc1cc(CCCCCCCCC)cc(OCCO)c1. The molecule has 0 bridgehead atoms. The molecule has 0 aromatic heterocycles. The number of aliphatic hydroxyl groups is 1. The van der Waals surface area contributed by atoms with Gasteiger partial charge in [0.05, 0.1) is 6.61 Å². The van der Waals surface area contributed by atoms with Crippen LogP contribution in [0.2, 0.25) is 0 Å². The van der Waals surface area contributed by atoms with Gasteiger partial charge >= 0.3 is 0 Å². The van der Waals surface area contributed by atoms with Gasteiger partial charge in [0, 0.05) is 0 Å². The molecule has 1 N–H and O–H groups in total. The summed E-state index contributed by atoms with van der Waals surface area (Å²) < 4.78 is 5.73. The molecule has 0 amide bonds. The van der Waals surface area contributed by atoms with Crippen LogP contribution in [0.25, 0.3) is 0 Å². The van der Waals surface area contributed by atoms with Crippen molar-refractivity contribution in [3.63, 3.8) is 0 Å². The maximum absolute atomic E-state index is 9.07. The third-order valence-corrected chi connectivity index (χ3v) is 5.52. The molecule has 0 aliphatic carbocycles. The number of aryl methyl sites for hydroxylation is 2. The van der Waals surface area contributed by atoms with Gasteiger partial charge in [-0.25, -0.2) is 0 Å². The van der Waals surface area contributed by atoms with Crippen LogP contribution in [-0.4, -0.2) is 18.3 Å². The molecule has 0 atom stereocenters. The van der Waals surface area contributed by atoms with Crippen molar-refractivity contribution in [2.45, 2.75) is 117 Å². The maximum Gasteiger partial charge on any atom is 0.119 e. The highest BCUT2D eigenvalue weighted by Gasteiger charge is 2.04. The molecule has 1 aromatic carbocycles. The summed E-state index contributed by atoms with van der Waals surface area (Å²) in [7, 11) is 0. The van der Waals surface area contributed by atoms with Gasteiger partial charge in [-0.2, -0.15) is 0 Å². The molecule has 0 unspecified atom stereocenters. The van der Waals surface area contributed by atoms with E-state index >= 15 is 0 Å². The second-order valence-corrected chi connectivity index (χ2v) is 8.30. The molecule has 0 aliphatic rings. The van der Waals surface area contributed by atoms with Crippen molar-refractivity contribution in [3.05, 3.63) is 29.3 Å². The van der Waals surface area contributed by atoms with Gasteiger partial charge in [-0.3, -0.25) is 0 Å². The van der Waals surface area contributed by atoms with Gasteiger partial charge in [0.15, 0.2) is 0 Å². The Labute approximate surface area is 175 Å². The lowest BCUT2D eigenvalue weighted by Crippen LogP contribution is -2.03. The largest absolute Gasteiger partial charge is 0.491 e. The molecule has 0 heterocycles. The monoisotopic (exact) mass is 390 g/mol.